The standard InChI is InChI=1S/C28H58FNO13/c29-1-3-31-5-7-33-9-11-35-13-15-37-17-19-39-21-23-41-25-27-43-28-26-42-24-22-40-20-18-38-16-14-36-12-10-34-8-6-32-4-2-30/h1-28,30H2. The van der Waals surface area contributed by atoms with E-state index in [-0.39, 0.29) is 6.61 Å². The summed E-state index contributed by atoms with van der Waals surface area (Å²) in [5, 5.41) is 0. The van der Waals surface area contributed by atoms with Crippen molar-refractivity contribution in [3.63, 3.8) is 0 Å². The molecule has 260 valence electrons. The molecule has 0 rings (SSSR count). The number of rotatable bonds is 40. The summed E-state index contributed by atoms with van der Waals surface area (Å²) in [4.78, 5) is 0. The number of hydrogen-bond donors (Lipinski definition) is 1. The Kier molecular flexibility index (Phi) is 40.8. The first-order valence-electron chi connectivity index (χ1n) is 15.2. The molecule has 0 bridgehead atoms. The zero-order valence-corrected chi connectivity index (χ0v) is 26.1. The average molecular weight is 636 g/mol. The number of nitrogens with two attached hydrogens (primary N) is 1. The highest BCUT2D eigenvalue weighted by atomic mass is 19.1. The fraction of sp³-hybridized carbons (Fsp3) is 1.00. The second-order valence-corrected chi connectivity index (χ2v) is 8.44. The quantitative estimate of drug-likeness (QED) is 0.0910. The molecule has 14 nitrogen and oxygen atoms in total. The number of hydrogen-bond acceptors (Lipinski definition) is 14. The maximum absolute atomic E-state index is 11.8. The van der Waals surface area contributed by atoms with Crippen molar-refractivity contribution in [3.05, 3.63) is 0 Å². The minimum absolute atomic E-state index is 0.112. The van der Waals surface area contributed by atoms with Crippen molar-refractivity contribution in [3.8, 4) is 0 Å². The second-order valence-electron chi connectivity index (χ2n) is 8.44. The van der Waals surface area contributed by atoms with Gasteiger partial charge in [-0.2, -0.15) is 0 Å². The number of halogens is 1. The molecule has 0 heterocycles. The lowest BCUT2D eigenvalue weighted by Crippen LogP contribution is -2.16. The zero-order chi connectivity index (χ0) is 31.0. The Morgan fingerprint density at radius 1 is 0.233 bits per heavy atom. The van der Waals surface area contributed by atoms with Crippen LogP contribution in [0, 0.1) is 0 Å². The molecule has 2 N–H and O–H groups in total. The van der Waals surface area contributed by atoms with Gasteiger partial charge in [0.25, 0.3) is 0 Å². The summed E-state index contributed by atoms with van der Waals surface area (Å²) in [7, 11) is 0. The van der Waals surface area contributed by atoms with Gasteiger partial charge in [0.15, 0.2) is 0 Å². The van der Waals surface area contributed by atoms with Gasteiger partial charge in [0.2, 0.25) is 0 Å². The van der Waals surface area contributed by atoms with Crippen LogP contribution in [0.1, 0.15) is 0 Å². The smallest absolute Gasteiger partial charge is 0.113 e. The van der Waals surface area contributed by atoms with E-state index in [1.807, 2.05) is 0 Å². The van der Waals surface area contributed by atoms with Gasteiger partial charge in [0, 0.05) is 6.54 Å². The summed E-state index contributed by atoms with van der Waals surface area (Å²) in [5.41, 5.74) is 5.32. The van der Waals surface area contributed by atoms with Crippen LogP contribution in [0.2, 0.25) is 0 Å². The van der Waals surface area contributed by atoms with Crippen LogP contribution in [0.15, 0.2) is 0 Å². The van der Waals surface area contributed by atoms with Gasteiger partial charge in [-0.15, -0.1) is 0 Å². The van der Waals surface area contributed by atoms with E-state index in [9.17, 15) is 4.39 Å². The molecular weight excluding hydrogens is 577 g/mol. The Hall–Kier alpha value is -0.630. The van der Waals surface area contributed by atoms with Crippen LogP contribution >= 0.6 is 0 Å². The minimum atomic E-state index is -0.476. The molecule has 0 radical (unpaired) electrons. The molecular formula is C28H58FNO13. The fourth-order valence-electron chi connectivity index (χ4n) is 2.88. The van der Waals surface area contributed by atoms with Gasteiger partial charge in [0.1, 0.15) is 6.67 Å². The molecule has 43 heavy (non-hydrogen) atoms. The molecule has 0 aliphatic heterocycles. The maximum atomic E-state index is 11.8. The first-order valence-corrected chi connectivity index (χ1v) is 15.2. The molecule has 0 aromatic carbocycles. The Labute approximate surface area is 257 Å². The summed E-state index contributed by atoms with van der Waals surface area (Å²) < 4.78 is 81.5. The molecule has 0 aliphatic carbocycles. The van der Waals surface area contributed by atoms with Crippen molar-refractivity contribution in [2.24, 2.45) is 5.73 Å². The molecule has 0 saturated heterocycles. The van der Waals surface area contributed by atoms with Crippen LogP contribution in [-0.4, -0.2) is 185 Å². The van der Waals surface area contributed by atoms with E-state index in [4.69, 9.17) is 67.3 Å². The molecule has 0 fully saturated rings. The molecule has 0 aromatic heterocycles. The van der Waals surface area contributed by atoms with Gasteiger partial charge in [-0.25, -0.2) is 4.39 Å². The molecule has 0 unspecified atom stereocenters. The van der Waals surface area contributed by atoms with Crippen LogP contribution in [0.25, 0.3) is 0 Å². The van der Waals surface area contributed by atoms with Crippen molar-refractivity contribution in [1.82, 2.24) is 0 Å². The second kappa shape index (κ2) is 41.4. The predicted octanol–water partition coefficient (Wildman–Crippen LogP) is 0.130. The van der Waals surface area contributed by atoms with E-state index in [2.05, 4.69) is 0 Å². The summed E-state index contributed by atoms with van der Waals surface area (Å²) in [6.45, 7) is 12.7. The van der Waals surface area contributed by atoms with Gasteiger partial charge in [-0.1, -0.05) is 0 Å². The third kappa shape index (κ3) is 41.4. The Bertz CT molecular complexity index is 450. The Balaban J connectivity index is 3.02. The first kappa shape index (κ1) is 42.4. The lowest BCUT2D eigenvalue weighted by molar-refractivity contribution is -0.0290. The van der Waals surface area contributed by atoms with E-state index in [1.54, 1.807) is 0 Å². The molecule has 0 aliphatic rings. The largest absolute Gasteiger partial charge is 0.378 e. The highest BCUT2D eigenvalue weighted by Gasteiger charge is 1.97. The van der Waals surface area contributed by atoms with Crippen LogP contribution in [0.3, 0.4) is 0 Å². The lowest BCUT2D eigenvalue weighted by atomic mass is 10.6. The van der Waals surface area contributed by atoms with Crippen molar-refractivity contribution in [1.29, 1.82) is 0 Å². The molecule has 15 heteroatoms. The van der Waals surface area contributed by atoms with E-state index < -0.39 is 6.67 Å². The number of alkyl halides is 1. The van der Waals surface area contributed by atoms with Crippen molar-refractivity contribution < 1.29 is 66.0 Å². The fourth-order valence-corrected chi connectivity index (χ4v) is 2.88. The summed E-state index contributed by atoms with van der Waals surface area (Å²) in [5.74, 6) is 0. The molecule has 0 saturated carbocycles. The van der Waals surface area contributed by atoms with E-state index in [0.717, 1.165) is 0 Å². The van der Waals surface area contributed by atoms with Gasteiger partial charge in [-0.05, 0) is 0 Å². The summed E-state index contributed by atoms with van der Waals surface area (Å²) >= 11 is 0. The van der Waals surface area contributed by atoms with Crippen molar-refractivity contribution in [2.75, 3.05) is 185 Å². The monoisotopic (exact) mass is 635 g/mol. The summed E-state index contributed by atoms with van der Waals surface area (Å²) in [6.07, 6.45) is 0. The van der Waals surface area contributed by atoms with E-state index in [1.165, 1.54) is 0 Å². The Morgan fingerprint density at radius 2 is 0.372 bits per heavy atom. The van der Waals surface area contributed by atoms with Crippen LogP contribution in [0.4, 0.5) is 4.39 Å². The number of ether oxygens (including phenoxy) is 13. The highest BCUT2D eigenvalue weighted by Crippen LogP contribution is 1.87. The topological polar surface area (TPSA) is 146 Å². The first-order chi connectivity index (χ1) is 21.4. The van der Waals surface area contributed by atoms with Crippen LogP contribution in [-0.2, 0) is 61.6 Å². The predicted molar refractivity (Wildman–Crippen MR) is 156 cm³/mol. The average Bonchev–Trinajstić information content (AvgIpc) is 3.02. The third-order valence-corrected chi connectivity index (χ3v) is 4.95. The third-order valence-electron chi connectivity index (χ3n) is 4.95. The van der Waals surface area contributed by atoms with Crippen LogP contribution < -0.4 is 5.73 Å². The van der Waals surface area contributed by atoms with Gasteiger partial charge < -0.3 is 67.3 Å². The molecule has 0 aromatic rings. The van der Waals surface area contributed by atoms with E-state index >= 15 is 0 Å². The zero-order valence-electron chi connectivity index (χ0n) is 26.1. The lowest BCUT2D eigenvalue weighted by Gasteiger charge is -2.09. The SMILES string of the molecule is NCCOCCOCCOCCOCCOCCOCCOCCOCCOCCOCCOCCOCCOCCF. The normalized spacial score (nSPS) is 11.6. The molecule has 0 spiro atoms. The van der Waals surface area contributed by atoms with Gasteiger partial charge >= 0.3 is 0 Å². The molecule has 0 atom stereocenters. The van der Waals surface area contributed by atoms with Crippen molar-refractivity contribution in [2.45, 2.75) is 0 Å². The highest BCUT2D eigenvalue weighted by molar-refractivity contribution is 4.39. The Morgan fingerprint density at radius 3 is 0.512 bits per heavy atom. The van der Waals surface area contributed by atoms with Gasteiger partial charge in [-0.3, -0.25) is 0 Å². The maximum Gasteiger partial charge on any atom is 0.113 e. The molecule has 0 amide bonds. The summed E-state index contributed by atoms with van der Waals surface area (Å²) in [6, 6.07) is 0. The van der Waals surface area contributed by atoms with Gasteiger partial charge in [0.05, 0.1) is 172 Å². The van der Waals surface area contributed by atoms with Crippen molar-refractivity contribution >= 4 is 0 Å². The van der Waals surface area contributed by atoms with E-state index in [0.29, 0.717) is 172 Å². The van der Waals surface area contributed by atoms with Crippen LogP contribution in [0.5, 0.6) is 0 Å². The minimum Gasteiger partial charge on any atom is -0.378 e.